The van der Waals surface area contributed by atoms with Gasteiger partial charge < -0.3 is 5.11 Å². The molecule has 0 radical (unpaired) electrons. The number of rotatable bonds is 5. The van der Waals surface area contributed by atoms with Crippen LogP contribution in [0.4, 0.5) is 13.2 Å². The van der Waals surface area contributed by atoms with Gasteiger partial charge in [0.2, 0.25) is 0 Å². The molecule has 0 amide bonds. The molecule has 0 spiro atoms. The Kier molecular flexibility index (Phi) is 5.64. The number of hydrogen-bond acceptors (Lipinski definition) is 2. The zero-order valence-corrected chi connectivity index (χ0v) is 11.4. The van der Waals surface area contributed by atoms with E-state index in [1.54, 1.807) is 0 Å². The average Bonchev–Trinajstić information content (AvgIpc) is 2.27. The summed E-state index contributed by atoms with van der Waals surface area (Å²) in [7, 11) is 0. The Hall–Kier alpha value is -0.780. The van der Waals surface area contributed by atoms with E-state index in [0.29, 0.717) is 19.4 Å². The maximum atomic E-state index is 12.6. The van der Waals surface area contributed by atoms with Crippen LogP contribution in [-0.2, 0) is 4.79 Å². The first-order valence-electron chi connectivity index (χ1n) is 6.76. The maximum Gasteiger partial charge on any atom is 0.391 e. The van der Waals surface area contributed by atoms with Gasteiger partial charge in [0.25, 0.3) is 0 Å². The molecule has 0 aromatic rings. The number of hydrogen-bond donors (Lipinski definition) is 1. The summed E-state index contributed by atoms with van der Waals surface area (Å²) in [6.07, 6.45) is -2.73. The zero-order chi connectivity index (χ0) is 14.6. The molecule has 0 aromatic heterocycles. The number of halogens is 3. The first-order chi connectivity index (χ1) is 8.71. The molecule has 0 heterocycles. The lowest BCUT2D eigenvalue weighted by Crippen LogP contribution is -2.44. The molecule has 0 unspecified atom stereocenters. The van der Waals surface area contributed by atoms with Gasteiger partial charge in [0.15, 0.2) is 0 Å². The Morgan fingerprint density at radius 2 is 1.79 bits per heavy atom. The standard InChI is InChI=1S/C13H22F3NO2/c1-9(2)17(8-7-12(18)19)11-5-3-10(4-6-11)13(14,15)16/h9-11H,3-8H2,1-2H3,(H,18,19). The highest BCUT2D eigenvalue weighted by Gasteiger charge is 2.42. The molecule has 0 aliphatic heterocycles. The molecule has 1 N–H and O–H groups in total. The van der Waals surface area contributed by atoms with Gasteiger partial charge in [-0.25, -0.2) is 0 Å². The summed E-state index contributed by atoms with van der Waals surface area (Å²) in [5.41, 5.74) is 0. The van der Waals surface area contributed by atoms with Gasteiger partial charge in [-0.15, -0.1) is 0 Å². The minimum absolute atomic E-state index is 0.0391. The minimum atomic E-state index is -4.09. The van der Waals surface area contributed by atoms with Crippen molar-refractivity contribution in [2.75, 3.05) is 6.54 Å². The Bertz CT molecular complexity index is 297. The van der Waals surface area contributed by atoms with Crippen molar-refractivity contribution >= 4 is 5.97 Å². The number of nitrogens with zero attached hydrogens (tertiary/aromatic N) is 1. The van der Waals surface area contributed by atoms with Crippen LogP contribution in [0.5, 0.6) is 0 Å². The SMILES string of the molecule is CC(C)N(CCC(=O)O)C1CCC(C(F)(F)F)CC1. The number of alkyl halides is 3. The molecule has 1 rings (SSSR count). The van der Waals surface area contributed by atoms with Crippen LogP contribution >= 0.6 is 0 Å². The van der Waals surface area contributed by atoms with Crippen LogP contribution < -0.4 is 0 Å². The molecular weight excluding hydrogens is 259 g/mol. The number of carbonyl (C=O) groups is 1. The second-order valence-corrected chi connectivity index (χ2v) is 5.52. The third-order valence-electron chi connectivity index (χ3n) is 3.88. The van der Waals surface area contributed by atoms with Crippen molar-refractivity contribution in [1.82, 2.24) is 4.90 Å². The molecule has 19 heavy (non-hydrogen) atoms. The third kappa shape index (κ3) is 5.01. The fraction of sp³-hybridized carbons (Fsp3) is 0.923. The summed E-state index contributed by atoms with van der Waals surface area (Å²) in [5, 5.41) is 8.72. The molecule has 6 heteroatoms. The van der Waals surface area contributed by atoms with Crippen LogP contribution in [0.3, 0.4) is 0 Å². The van der Waals surface area contributed by atoms with Crippen molar-refractivity contribution in [2.24, 2.45) is 5.92 Å². The largest absolute Gasteiger partial charge is 0.481 e. The summed E-state index contributed by atoms with van der Waals surface area (Å²) in [6.45, 7) is 4.32. The van der Waals surface area contributed by atoms with Gasteiger partial charge in [0, 0.05) is 18.6 Å². The van der Waals surface area contributed by atoms with Crippen molar-refractivity contribution in [3.63, 3.8) is 0 Å². The van der Waals surface area contributed by atoms with Crippen molar-refractivity contribution in [3.8, 4) is 0 Å². The topological polar surface area (TPSA) is 40.5 Å². The Labute approximate surface area is 111 Å². The average molecular weight is 281 g/mol. The van der Waals surface area contributed by atoms with Crippen LogP contribution in [0.25, 0.3) is 0 Å². The van der Waals surface area contributed by atoms with Crippen molar-refractivity contribution in [2.45, 2.75) is 64.2 Å². The Balaban J connectivity index is 2.52. The van der Waals surface area contributed by atoms with Gasteiger partial charge in [-0.3, -0.25) is 9.69 Å². The Morgan fingerprint density at radius 3 is 2.16 bits per heavy atom. The van der Waals surface area contributed by atoms with E-state index in [1.165, 1.54) is 0 Å². The molecule has 0 saturated heterocycles. The quantitative estimate of drug-likeness (QED) is 0.840. The molecule has 112 valence electrons. The molecule has 0 bridgehead atoms. The third-order valence-corrected chi connectivity index (χ3v) is 3.88. The van der Waals surface area contributed by atoms with Gasteiger partial charge in [0.05, 0.1) is 12.3 Å². The molecule has 0 aromatic carbocycles. The molecule has 1 saturated carbocycles. The summed E-state index contributed by atoms with van der Waals surface area (Å²) in [5.74, 6) is -2.05. The van der Waals surface area contributed by atoms with E-state index in [2.05, 4.69) is 0 Å². The summed E-state index contributed by atoms with van der Waals surface area (Å²) in [6, 6.07) is 0.240. The van der Waals surface area contributed by atoms with E-state index in [9.17, 15) is 18.0 Å². The van der Waals surface area contributed by atoms with Crippen LogP contribution in [-0.4, -0.2) is 40.8 Å². The highest BCUT2D eigenvalue weighted by molar-refractivity contribution is 5.66. The molecule has 3 nitrogen and oxygen atoms in total. The Morgan fingerprint density at radius 1 is 1.26 bits per heavy atom. The molecule has 1 fully saturated rings. The second kappa shape index (κ2) is 6.59. The van der Waals surface area contributed by atoms with E-state index in [1.807, 2.05) is 18.7 Å². The lowest BCUT2D eigenvalue weighted by atomic mass is 9.84. The van der Waals surface area contributed by atoms with Crippen LogP contribution in [0.1, 0.15) is 46.0 Å². The van der Waals surface area contributed by atoms with Crippen molar-refractivity contribution in [1.29, 1.82) is 0 Å². The van der Waals surface area contributed by atoms with E-state index < -0.39 is 18.1 Å². The van der Waals surface area contributed by atoms with E-state index in [0.717, 1.165) is 0 Å². The van der Waals surface area contributed by atoms with Gasteiger partial charge in [-0.05, 0) is 39.5 Å². The number of carboxylic acid groups (broad SMARTS) is 1. The summed E-state index contributed by atoms with van der Waals surface area (Å²) in [4.78, 5) is 12.6. The summed E-state index contributed by atoms with van der Waals surface area (Å²) < 4.78 is 37.8. The lowest BCUT2D eigenvalue weighted by molar-refractivity contribution is -0.184. The fourth-order valence-corrected chi connectivity index (χ4v) is 2.82. The highest BCUT2D eigenvalue weighted by Crippen LogP contribution is 2.39. The minimum Gasteiger partial charge on any atom is -0.481 e. The van der Waals surface area contributed by atoms with Gasteiger partial charge in [0.1, 0.15) is 0 Å². The van der Waals surface area contributed by atoms with Crippen molar-refractivity contribution in [3.05, 3.63) is 0 Å². The van der Waals surface area contributed by atoms with Crippen LogP contribution in [0.15, 0.2) is 0 Å². The predicted molar refractivity (Wildman–Crippen MR) is 65.9 cm³/mol. The first kappa shape index (κ1) is 16.3. The lowest BCUT2D eigenvalue weighted by Gasteiger charge is -2.39. The van der Waals surface area contributed by atoms with Gasteiger partial charge >= 0.3 is 12.1 Å². The van der Waals surface area contributed by atoms with E-state index >= 15 is 0 Å². The predicted octanol–water partition coefficient (Wildman–Crippen LogP) is 3.29. The zero-order valence-electron chi connectivity index (χ0n) is 11.4. The molecule has 0 atom stereocenters. The summed E-state index contributed by atoms with van der Waals surface area (Å²) >= 11 is 0. The number of aliphatic carboxylic acids is 1. The van der Waals surface area contributed by atoms with E-state index in [-0.39, 0.29) is 31.3 Å². The molecule has 1 aliphatic rings. The smallest absolute Gasteiger partial charge is 0.391 e. The highest BCUT2D eigenvalue weighted by atomic mass is 19.4. The second-order valence-electron chi connectivity index (χ2n) is 5.52. The fourth-order valence-electron chi connectivity index (χ4n) is 2.82. The van der Waals surface area contributed by atoms with E-state index in [4.69, 9.17) is 5.11 Å². The molecule has 1 aliphatic carbocycles. The van der Waals surface area contributed by atoms with Gasteiger partial charge in [-0.2, -0.15) is 13.2 Å². The van der Waals surface area contributed by atoms with Crippen LogP contribution in [0, 0.1) is 5.92 Å². The number of carboxylic acids is 1. The monoisotopic (exact) mass is 281 g/mol. The molecular formula is C13H22F3NO2. The maximum absolute atomic E-state index is 12.6. The normalized spacial score (nSPS) is 25.0. The van der Waals surface area contributed by atoms with Gasteiger partial charge in [-0.1, -0.05) is 0 Å². The van der Waals surface area contributed by atoms with Crippen LogP contribution in [0.2, 0.25) is 0 Å². The van der Waals surface area contributed by atoms with Crippen molar-refractivity contribution < 1.29 is 23.1 Å². The first-order valence-corrected chi connectivity index (χ1v) is 6.76.